The Morgan fingerprint density at radius 2 is 1.71 bits per heavy atom. The second-order valence-corrected chi connectivity index (χ2v) is 5.06. The number of nitrogens with one attached hydrogen (secondary N) is 2. The molecule has 6 nitrogen and oxygen atoms in total. The first-order chi connectivity index (χ1) is 11.9. The monoisotopic (exact) mass is 321 g/mol. The van der Waals surface area contributed by atoms with Crippen molar-refractivity contribution >= 4 is 11.8 Å². The number of hydrogen-bond donors (Lipinski definition) is 2. The van der Waals surface area contributed by atoms with Crippen LogP contribution in [0.3, 0.4) is 0 Å². The number of ether oxygens (including phenoxy) is 1. The van der Waals surface area contributed by atoms with Gasteiger partial charge in [-0.1, -0.05) is 18.2 Å². The van der Waals surface area contributed by atoms with Crippen LogP contribution in [-0.2, 0) is 6.54 Å². The van der Waals surface area contributed by atoms with E-state index in [0.717, 1.165) is 17.1 Å². The van der Waals surface area contributed by atoms with Crippen molar-refractivity contribution in [2.45, 2.75) is 6.54 Å². The molecule has 0 spiro atoms. The number of benzene rings is 1. The quantitative estimate of drug-likeness (QED) is 0.622. The standard InChI is InChI=1S/C18H19N5O/c1-2-4-16(5-3-1)24-13-12-21-18-20-11-8-17(23-18)22-14-15-6-9-19-10-7-15/h1-11H,12-14H2,(H2,20,21,22,23). The Morgan fingerprint density at radius 1 is 0.875 bits per heavy atom. The summed E-state index contributed by atoms with van der Waals surface area (Å²) in [7, 11) is 0. The van der Waals surface area contributed by atoms with E-state index in [1.807, 2.05) is 48.5 Å². The Morgan fingerprint density at radius 3 is 2.54 bits per heavy atom. The molecule has 0 aliphatic rings. The van der Waals surface area contributed by atoms with E-state index in [4.69, 9.17) is 4.74 Å². The second kappa shape index (κ2) is 8.47. The first-order valence-corrected chi connectivity index (χ1v) is 7.78. The molecule has 24 heavy (non-hydrogen) atoms. The third-order valence-electron chi connectivity index (χ3n) is 3.28. The van der Waals surface area contributed by atoms with E-state index in [-0.39, 0.29) is 0 Å². The second-order valence-electron chi connectivity index (χ2n) is 5.06. The summed E-state index contributed by atoms with van der Waals surface area (Å²) in [5.74, 6) is 2.20. The first-order valence-electron chi connectivity index (χ1n) is 7.78. The van der Waals surface area contributed by atoms with E-state index in [1.165, 1.54) is 0 Å². The number of para-hydroxylation sites is 1. The molecule has 122 valence electrons. The number of aromatic nitrogens is 3. The summed E-state index contributed by atoms with van der Waals surface area (Å²) in [6, 6.07) is 15.5. The molecule has 2 N–H and O–H groups in total. The molecule has 0 aliphatic heterocycles. The average Bonchev–Trinajstić information content (AvgIpc) is 2.66. The van der Waals surface area contributed by atoms with Crippen LogP contribution in [0.4, 0.5) is 11.8 Å². The first kappa shape index (κ1) is 15.7. The van der Waals surface area contributed by atoms with Gasteiger partial charge in [0.1, 0.15) is 18.2 Å². The largest absolute Gasteiger partial charge is 0.492 e. The molecule has 0 amide bonds. The van der Waals surface area contributed by atoms with Crippen molar-refractivity contribution < 1.29 is 4.74 Å². The number of anilines is 2. The van der Waals surface area contributed by atoms with Gasteiger partial charge in [-0.3, -0.25) is 4.98 Å². The lowest BCUT2D eigenvalue weighted by atomic mass is 10.3. The van der Waals surface area contributed by atoms with Gasteiger partial charge in [0.05, 0.1) is 6.54 Å². The molecule has 0 aliphatic carbocycles. The van der Waals surface area contributed by atoms with Crippen LogP contribution in [0.15, 0.2) is 67.1 Å². The number of hydrogen-bond acceptors (Lipinski definition) is 6. The molecule has 3 aromatic rings. The van der Waals surface area contributed by atoms with E-state index in [9.17, 15) is 0 Å². The zero-order chi connectivity index (χ0) is 16.5. The summed E-state index contributed by atoms with van der Waals surface area (Å²) in [6.07, 6.45) is 5.27. The molecule has 2 heterocycles. The highest BCUT2D eigenvalue weighted by Crippen LogP contribution is 2.09. The summed E-state index contributed by atoms with van der Waals surface area (Å²) in [4.78, 5) is 12.6. The highest BCUT2D eigenvalue weighted by Gasteiger charge is 1.99. The van der Waals surface area contributed by atoms with Crippen molar-refractivity contribution in [2.24, 2.45) is 0 Å². The van der Waals surface area contributed by atoms with Crippen LogP contribution >= 0.6 is 0 Å². The van der Waals surface area contributed by atoms with Crippen molar-refractivity contribution in [2.75, 3.05) is 23.8 Å². The van der Waals surface area contributed by atoms with Gasteiger partial charge in [-0.05, 0) is 35.9 Å². The number of nitrogens with zero attached hydrogens (tertiary/aromatic N) is 3. The van der Waals surface area contributed by atoms with Crippen LogP contribution in [0.1, 0.15) is 5.56 Å². The van der Waals surface area contributed by atoms with E-state index in [2.05, 4.69) is 25.6 Å². The van der Waals surface area contributed by atoms with Gasteiger partial charge in [0.2, 0.25) is 5.95 Å². The third-order valence-corrected chi connectivity index (χ3v) is 3.28. The highest BCUT2D eigenvalue weighted by molar-refractivity contribution is 5.40. The zero-order valence-electron chi connectivity index (χ0n) is 13.2. The molecule has 0 unspecified atom stereocenters. The van der Waals surface area contributed by atoms with Gasteiger partial charge < -0.3 is 15.4 Å². The van der Waals surface area contributed by atoms with Gasteiger partial charge in [0.25, 0.3) is 0 Å². The Labute approximate surface area is 141 Å². The summed E-state index contributed by atoms with van der Waals surface area (Å²) in [6.45, 7) is 1.86. The number of pyridine rings is 1. The van der Waals surface area contributed by atoms with Crippen molar-refractivity contribution in [3.8, 4) is 5.75 Å². The fourth-order valence-corrected chi connectivity index (χ4v) is 2.08. The van der Waals surface area contributed by atoms with Crippen LogP contribution in [0.5, 0.6) is 5.75 Å². The minimum Gasteiger partial charge on any atom is -0.492 e. The number of rotatable bonds is 8. The summed E-state index contributed by atoms with van der Waals surface area (Å²) in [5, 5.41) is 6.42. The van der Waals surface area contributed by atoms with Crippen molar-refractivity contribution in [3.05, 3.63) is 72.7 Å². The zero-order valence-corrected chi connectivity index (χ0v) is 13.2. The van der Waals surface area contributed by atoms with E-state index in [0.29, 0.717) is 25.6 Å². The molecular weight excluding hydrogens is 302 g/mol. The third kappa shape index (κ3) is 4.95. The molecule has 0 fully saturated rings. The smallest absolute Gasteiger partial charge is 0.224 e. The summed E-state index contributed by atoms with van der Waals surface area (Å²) >= 11 is 0. The van der Waals surface area contributed by atoms with Gasteiger partial charge in [-0.15, -0.1) is 0 Å². The van der Waals surface area contributed by atoms with Crippen LogP contribution in [0.2, 0.25) is 0 Å². The normalized spacial score (nSPS) is 10.2. The predicted octanol–water partition coefficient (Wildman–Crippen LogP) is 2.97. The Bertz CT molecular complexity index is 737. The highest BCUT2D eigenvalue weighted by atomic mass is 16.5. The lowest BCUT2D eigenvalue weighted by molar-refractivity contribution is 0.332. The van der Waals surface area contributed by atoms with Gasteiger partial charge in [-0.2, -0.15) is 4.98 Å². The van der Waals surface area contributed by atoms with Gasteiger partial charge in [0.15, 0.2) is 0 Å². The van der Waals surface area contributed by atoms with Crippen LogP contribution < -0.4 is 15.4 Å². The molecule has 0 atom stereocenters. The van der Waals surface area contributed by atoms with Gasteiger partial charge >= 0.3 is 0 Å². The molecule has 0 bridgehead atoms. The predicted molar refractivity (Wildman–Crippen MR) is 94.0 cm³/mol. The molecule has 3 rings (SSSR count). The fraction of sp³-hybridized carbons (Fsp3) is 0.167. The molecular formula is C18H19N5O. The molecule has 0 saturated heterocycles. The SMILES string of the molecule is c1ccc(OCCNc2nccc(NCc3ccncc3)n2)cc1. The van der Waals surface area contributed by atoms with Crippen molar-refractivity contribution in [3.63, 3.8) is 0 Å². The summed E-state index contributed by atoms with van der Waals surface area (Å²) in [5.41, 5.74) is 1.15. The molecule has 0 radical (unpaired) electrons. The van der Waals surface area contributed by atoms with Crippen LogP contribution in [0.25, 0.3) is 0 Å². The minimum absolute atomic E-state index is 0.544. The van der Waals surface area contributed by atoms with Crippen LogP contribution in [-0.4, -0.2) is 28.1 Å². The van der Waals surface area contributed by atoms with Crippen LogP contribution in [0, 0.1) is 0 Å². The van der Waals surface area contributed by atoms with Gasteiger partial charge in [0, 0.05) is 25.1 Å². The maximum Gasteiger partial charge on any atom is 0.224 e. The van der Waals surface area contributed by atoms with Crippen molar-refractivity contribution in [1.29, 1.82) is 0 Å². The molecule has 1 aromatic carbocycles. The lowest BCUT2D eigenvalue weighted by Crippen LogP contribution is -2.14. The molecule has 6 heteroatoms. The average molecular weight is 321 g/mol. The Balaban J connectivity index is 1.45. The Hall–Kier alpha value is -3.15. The maximum atomic E-state index is 5.62. The minimum atomic E-state index is 0.544. The Kier molecular flexibility index (Phi) is 5.56. The van der Waals surface area contributed by atoms with Gasteiger partial charge in [-0.25, -0.2) is 4.98 Å². The lowest BCUT2D eigenvalue weighted by Gasteiger charge is -2.09. The molecule has 0 saturated carbocycles. The van der Waals surface area contributed by atoms with E-state index in [1.54, 1.807) is 18.6 Å². The topological polar surface area (TPSA) is 72.0 Å². The maximum absolute atomic E-state index is 5.62. The fourth-order valence-electron chi connectivity index (χ4n) is 2.08. The van der Waals surface area contributed by atoms with E-state index < -0.39 is 0 Å². The van der Waals surface area contributed by atoms with E-state index >= 15 is 0 Å². The molecule has 2 aromatic heterocycles. The van der Waals surface area contributed by atoms with Crippen molar-refractivity contribution in [1.82, 2.24) is 15.0 Å². The summed E-state index contributed by atoms with van der Waals surface area (Å²) < 4.78 is 5.62.